The van der Waals surface area contributed by atoms with Gasteiger partial charge in [-0.1, -0.05) is 18.2 Å². The van der Waals surface area contributed by atoms with Crippen LogP contribution in [0.15, 0.2) is 30.9 Å². The summed E-state index contributed by atoms with van der Waals surface area (Å²) >= 11 is 0. The number of hydrogen-bond acceptors (Lipinski definition) is 2. The van der Waals surface area contributed by atoms with E-state index in [1.54, 1.807) is 13.0 Å². The third-order valence-corrected chi connectivity index (χ3v) is 3.29. The van der Waals surface area contributed by atoms with Crippen molar-refractivity contribution >= 4 is 12.4 Å². The molecule has 0 aliphatic carbocycles. The quantitative estimate of drug-likeness (QED) is 0.850. The highest BCUT2D eigenvalue weighted by molar-refractivity contribution is 5.85. The summed E-state index contributed by atoms with van der Waals surface area (Å²) < 4.78 is 13.3. The Morgan fingerprint density at radius 3 is 2.61 bits per heavy atom. The lowest BCUT2D eigenvalue weighted by molar-refractivity contribution is 0.203. The van der Waals surface area contributed by atoms with Gasteiger partial charge in [0.2, 0.25) is 0 Å². The minimum Gasteiger partial charge on any atom is -0.314 e. The van der Waals surface area contributed by atoms with E-state index in [2.05, 4.69) is 16.8 Å². The number of halogens is 2. The van der Waals surface area contributed by atoms with Gasteiger partial charge in [-0.05, 0) is 24.1 Å². The number of hydrogen-bond donors (Lipinski definition) is 1. The van der Waals surface area contributed by atoms with Crippen LogP contribution >= 0.6 is 12.4 Å². The minimum absolute atomic E-state index is 0. The lowest BCUT2D eigenvalue weighted by atomic mass is 10.0. The Morgan fingerprint density at radius 2 is 2.06 bits per heavy atom. The van der Waals surface area contributed by atoms with Gasteiger partial charge in [0.1, 0.15) is 5.82 Å². The molecule has 0 aromatic heterocycles. The molecule has 1 N–H and O–H groups in total. The third-order valence-electron chi connectivity index (χ3n) is 3.29. The average molecular weight is 271 g/mol. The van der Waals surface area contributed by atoms with Crippen LogP contribution in [0.3, 0.4) is 0 Å². The van der Waals surface area contributed by atoms with Crippen LogP contribution < -0.4 is 5.32 Å². The molecule has 1 aliphatic rings. The van der Waals surface area contributed by atoms with Crippen LogP contribution in [0.1, 0.15) is 17.2 Å². The summed E-state index contributed by atoms with van der Waals surface area (Å²) in [4.78, 5) is 2.37. The molecule has 0 amide bonds. The number of aryl methyl sites for hydroxylation is 1. The maximum atomic E-state index is 13.3. The second-order valence-corrected chi connectivity index (χ2v) is 4.48. The van der Waals surface area contributed by atoms with Crippen molar-refractivity contribution in [1.82, 2.24) is 10.2 Å². The number of nitrogens with zero attached hydrogens (tertiary/aromatic N) is 1. The van der Waals surface area contributed by atoms with E-state index in [-0.39, 0.29) is 24.3 Å². The highest BCUT2D eigenvalue weighted by Crippen LogP contribution is 2.23. The number of benzene rings is 1. The van der Waals surface area contributed by atoms with Gasteiger partial charge in [-0.25, -0.2) is 4.39 Å². The standard InChI is InChI=1S/C14H19FN2.ClH/c1-3-14(17-8-6-16-7-9-17)12-4-5-13(15)11(2)10-12;/h3-5,10,14,16H,1,6-9H2,2H3;1H/t14-;/m1./s1. The fraction of sp³-hybridized carbons (Fsp3) is 0.429. The van der Waals surface area contributed by atoms with Crippen LogP contribution in [0.5, 0.6) is 0 Å². The number of rotatable bonds is 3. The minimum atomic E-state index is -0.142. The summed E-state index contributed by atoms with van der Waals surface area (Å²) in [5.74, 6) is -0.142. The van der Waals surface area contributed by atoms with Gasteiger partial charge in [-0.2, -0.15) is 0 Å². The first-order valence-corrected chi connectivity index (χ1v) is 6.06. The zero-order chi connectivity index (χ0) is 12.3. The van der Waals surface area contributed by atoms with E-state index in [9.17, 15) is 4.39 Å². The van der Waals surface area contributed by atoms with Crippen molar-refractivity contribution in [3.63, 3.8) is 0 Å². The Labute approximate surface area is 114 Å². The van der Waals surface area contributed by atoms with E-state index < -0.39 is 0 Å². The molecule has 1 aromatic rings. The molecule has 0 saturated carbocycles. The Bertz CT molecular complexity index is 403. The molecule has 2 nitrogen and oxygen atoms in total. The van der Waals surface area contributed by atoms with E-state index in [0.717, 1.165) is 31.7 Å². The second-order valence-electron chi connectivity index (χ2n) is 4.48. The van der Waals surface area contributed by atoms with Crippen molar-refractivity contribution in [3.05, 3.63) is 47.8 Å². The van der Waals surface area contributed by atoms with E-state index in [1.807, 2.05) is 18.2 Å². The topological polar surface area (TPSA) is 15.3 Å². The molecule has 2 rings (SSSR count). The molecular formula is C14H20ClFN2. The van der Waals surface area contributed by atoms with E-state index in [1.165, 1.54) is 0 Å². The zero-order valence-electron chi connectivity index (χ0n) is 10.7. The Kier molecular flexibility index (Phi) is 5.79. The van der Waals surface area contributed by atoms with Gasteiger partial charge in [0.25, 0.3) is 0 Å². The lowest BCUT2D eigenvalue weighted by Crippen LogP contribution is -2.44. The van der Waals surface area contributed by atoms with Gasteiger partial charge in [0.15, 0.2) is 0 Å². The molecule has 1 atom stereocenters. The largest absolute Gasteiger partial charge is 0.314 e. The fourth-order valence-electron chi connectivity index (χ4n) is 2.31. The van der Waals surface area contributed by atoms with E-state index in [4.69, 9.17) is 0 Å². The first-order chi connectivity index (χ1) is 8.22. The molecule has 18 heavy (non-hydrogen) atoms. The molecule has 1 saturated heterocycles. The van der Waals surface area contributed by atoms with Crippen LogP contribution in [-0.4, -0.2) is 31.1 Å². The van der Waals surface area contributed by atoms with Crippen molar-refractivity contribution < 1.29 is 4.39 Å². The summed E-state index contributed by atoms with van der Waals surface area (Å²) in [7, 11) is 0. The molecular weight excluding hydrogens is 251 g/mol. The molecule has 4 heteroatoms. The third kappa shape index (κ3) is 3.31. The molecule has 0 bridgehead atoms. The Morgan fingerprint density at radius 1 is 1.39 bits per heavy atom. The van der Waals surface area contributed by atoms with Crippen LogP contribution in [0, 0.1) is 12.7 Å². The zero-order valence-corrected chi connectivity index (χ0v) is 11.5. The molecule has 1 aromatic carbocycles. The van der Waals surface area contributed by atoms with Gasteiger partial charge in [0.05, 0.1) is 6.04 Å². The van der Waals surface area contributed by atoms with E-state index in [0.29, 0.717) is 5.56 Å². The smallest absolute Gasteiger partial charge is 0.126 e. The maximum Gasteiger partial charge on any atom is 0.126 e. The van der Waals surface area contributed by atoms with Crippen molar-refractivity contribution in [2.45, 2.75) is 13.0 Å². The first-order valence-electron chi connectivity index (χ1n) is 6.06. The second kappa shape index (κ2) is 6.88. The van der Waals surface area contributed by atoms with E-state index >= 15 is 0 Å². The highest BCUT2D eigenvalue weighted by Gasteiger charge is 2.19. The average Bonchev–Trinajstić information content (AvgIpc) is 2.36. The molecule has 1 aliphatic heterocycles. The van der Waals surface area contributed by atoms with Crippen molar-refractivity contribution in [2.75, 3.05) is 26.2 Å². The molecule has 0 radical (unpaired) electrons. The van der Waals surface area contributed by atoms with Crippen LogP contribution in [0.25, 0.3) is 0 Å². The van der Waals surface area contributed by atoms with Crippen LogP contribution in [-0.2, 0) is 0 Å². The number of nitrogens with one attached hydrogen (secondary N) is 1. The highest BCUT2D eigenvalue weighted by atomic mass is 35.5. The van der Waals surface area contributed by atoms with Crippen LogP contribution in [0.4, 0.5) is 4.39 Å². The van der Waals surface area contributed by atoms with Gasteiger partial charge in [-0.15, -0.1) is 19.0 Å². The lowest BCUT2D eigenvalue weighted by Gasteiger charge is -2.33. The predicted molar refractivity (Wildman–Crippen MR) is 75.8 cm³/mol. The van der Waals surface area contributed by atoms with Gasteiger partial charge >= 0.3 is 0 Å². The monoisotopic (exact) mass is 270 g/mol. The normalized spacial score (nSPS) is 17.9. The molecule has 0 spiro atoms. The maximum absolute atomic E-state index is 13.3. The fourth-order valence-corrected chi connectivity index (χ4v) is 2.31. The summed E-state index contributed by atoms with van der Waals surface area (Å²) in [6.07, 6.45) is 1.94. The van der Waals surface area contributed by atoms with Crippen molar-refractivity contribution in [3.8, 4) is 0 Å². The van der Waals surface area contributed by atoms with Gasteiger partial charge in [0, 0.05) is 26.2 Å². The van der Waals surface area contributed by atoms with Crippen molar-refractivity contribution in [1.29, 1.82) is 0 Å². The summed E-state index contributed by atoms with van der Waals surface area (Å²) in [6, 6.07) is 5.51. The molecule has 1 fully saturated rings. The molecule has 1 heterocycles. The summed E-state index contributed by atoms with van der Waals surface area (Å²) in [5, 5.41) is 3.33. The molecule has 100 valence electrons. The number of piperazine rings is 1. The van der Waals surface area contributed by atoms with Crippen LogP contribution in [0.2, 0.25) is 0 Å². The molecule has 0 unspecified atom stereocenters. The summed E-state index contributed by atoms with van der Waals surface area (Å²) in [5.41, 5.74) is 1.82. The summed E-state index contributed by atoms with van der Waals surface area (Å²) in [6.45, 7) is 9.73. The SMILES string of the molecule is C=C[C@H](c1ccc(F)c(C)c1)N1CCNCC1.Cl. The Balaban J connectivity index is 0.00000162. The van der Waals surface area contributed by atoms with Gasteiger partial charge < -0.3 is 5.32 Å². The first kappa shape index (κ1) is 15.2. The predicted octanol–water partition coefficient (Wildman–Crippen LogP) is 2.69. The Hall–Kier alpha value is -0.900. The van der Waals surface area contributed by atoms with Gasteiger partial charge in [-0.3, -0.25) is 4.90 Å². The van der Waals surface area contributed by atoms with Crippen molar-refractivity contribution in [2.24, 2.45) is 0 Å².